The van der Waals surface area contributed by atoms with Crippen LogP contribution >= 0.6 is 0 Å². The van der Waals surface area contributed by atoms with Crippen LogP contribution in [0.5, 0.6) is 0 Å². The van der Waals surface area contributed by atoms with Gasteiger partial charge in [0.05, 0.1) is 4.90 Å². The number of rotatable bonds is 3. The third-order valence-electron chi connectivity index (χ3n) is 3.05. The second-order valence-electron chi connectivity index (χ2n) is 4.44. The molecule has 1 amide bonds. The van der Waals surface area contributed by atoms with Crippen molar-refractivity contribution in [3.63, 3.8) is 0 Å². The minimum atomic E-state index is -3.85. The number of amides is 1. The lowest BCUT2D eigenvalue weighted by molar-refractivity contribution is -0.117. The highest BCUT2D eigenvalue weighted by atomic mass is 32.2. The quantitative estimate of drug-likeness (QED) is 0.936. The second-order valence-corrected chi connectivity index (χ2v) is 6.09. The molecule has 1 radical (unpaired) electrons. The fourth-order valence-electron chi connectivity index (χ4n) is 2.10. The van der Waals surface area contributed by atoms with Crippen LogP contribution < -0.4 is 10.0 Å². The van der Waals surface area contributed by atoms with E-state index in [1.807, 2.05) is 18.2 Å². The monoisotopic (exact) mass is 299 g/mol. The molecule has 0 atom stereocenters. The van der Waals surface area contributed by atoms with E-state index in [-0.39, 0.29) is 10.6 Å². The van der Waals surface area contributed by atoms with E-state index >= 15 is 0 Å². The highest BCUT2D eigenvalue weighted by Gasteiger charge is 2.22. The van der Waals surface area contributed by atoms with E-state index in [9.17, 15) is 13.2 Å². The molecule has 2 aromatic carbocycles. The van der Waals surface area contributed by atoms with Crippen molar-refractivity contribution in [3.8, 4) is 0 Å². The Morgan fingerprint density at radius 2 is 1.76 bits per heavy atom. The fraction of sp³-hybridized carbons (Fsp3) is 0. The van der Waals surface area contributed by atoms with E-state index in [1.54, 1.807) is 18.2 Å². The van der Waals surface area contributed by atoms with E-state index in [0.29, 0.717) is 5.39 Å². The van der Waals surface area contributed by atoms with Crippen LogP contribution in [0.1, 0.15) is 0 Å². The molecule has 0 saturated carbocycles. The van der Waals surface area contributed by atoms with Gasteiger partial charge in [0.2, 0.25) is 0 Å². The van der Waals surface area contributed by atoms with E-state index in [2.05, 4.69) is 10.0 Å². The predicted octanol–water partition coefficient (Wildman–Crippen LogP) is 1.66. The summed E-state index contributed by atoms with van der Waals surface area (Å²) < 4.78 is 27.3. The third-order valence-corrected chi connectivity index (χ3v) is 4.48. The number of carbonyl (C=O) groups is 1. The van der Waals surface area contributed by atoms with Crippen LogP contribution in [-0.4, -0.2) is 14.3 Å². The van der Waals surface area contributed by atoms with Crippen LogP contribution in [0, 0.1) is 0 Å². The summed E-state index contributed by atoms with van der Waals surface area (Å²) in [7, 11) is -3.85. The predicted molar refractivity (Wildman–Crippen MR) is 78.6 cm³/mol. The summed E-state index contributed by atoms with van der Waals surface area (Å²) in [5, 5.41) is 4.95. The molecule has 1 aliphatic rings. The zero-order chi connectivity index (χ0) is 14.9. The van der Waals surface area contributed by atoms with Gasteiger partial charge in [0, 0.05) is 11.6 Å². The zero-order valence-corrected chi connectivity index (χ0v) is 11.7. The highest BCUT2D eigenvalue weighted by Crippen LogP contribution is 2.23. The minimum absolute atomic E-state index is 0.0644. The summed E-state index contributed by atoms with van der Waals surface area (Å²) in [4.78, 5) is 11.7. The van der Waals surface area contributed by atoms with Crippen LogP contribution in [0.15, 0.2) is 71.4 Å². The van der Waals surface area contributed by atoms with Gasteiger partial charge in [0.15, 0.2) is 0 Å². The van der Waals surface area contributed by atoms with E-state index in [4.69, 9.17) is 0 Å². The number of allylic oxidation sites excluding steroid dienone is 2. The third kappa shape index (κ3) is 2.53. The van der Waals surface area contributed by atoms with Crippen LogP contribution in [0.2, 0.25) is 0 Å². The van der Waals surface area contributed by atoms with Crippen molar-refractivity contribution in [2.24, 2.45) is 0 Å². The van der Waals surface area contributed by atoms with Crippen LogP contribution in [0.25, 0.3) is 10.8 Å². The maximum Gasteiger partial charge on any atom is 0.294 e. The number of nitrogens with zero attached hydrogens (tertiary/aromatic N) is 1. The molecule has 1 heterocycles. The molecule has 2 aromatic rings. The number of sulfonamides is 1. The lowest BCUT2D eigenvalue weighted by atomic mass is 10.1. The number of hydrogen-bond donors (Lipinski definition) is 1. The van der Waals surface area contributed by atoms with Gasteiger partial charge in [0.1, 0.15) is 5.70 Å². The molecule has 6 heteroatoms. The number of nitrogens with one attached hydrogen (secondary N) is 1. The van der Waals surface area contributed by atoms with Crippen LogP contribution in [0.4, 0.5) is 0 Å². The van der Waals surface area contributed by atoms with Gasteiger partial charge < -0.3 is 0 Å². The van der Waals surface area contributed by atoms with Gasteiger partial charge in [-0.05, 0) is 23.6 Å². The maximum atomic E-state index is 12.5. The van der Waals surface area contributed by atoms with Gasteiger partial charge >= 0.3 is 0 Å². The lowest BCUT2D eigenvalue weighted by Gasteiger charge is -2.13. The lowest BCUT2D eigenvalue weighted by Crippen LogP contribution is -2.31. The normalized spacial score (nSPS) is 14.7. The van der Waals surface area contributed by atoms with Gasteiger partial charge in [-0.25, -0.2) is 13.7 Å². The van der Waals surface area contributed by atoms with Crippen molar-refractivity contribution in [2.75, 3.05) is 0 Å². The summed E-state index contributed by atoms with van der Waals surface area (Å²) in [6.45, 7) is 0. The van der Waals surface area contributed by atoms with Gasteiger partial charge in [-0.2, -0.15) is 0 Å². The molecule has 1 aliphatic heterocycles. The Bertz CT molecular complexity index is 877. The van der Waals surface area contributed by atoms with Crippen molar-refractivity contribution in [1.29, 1.82) is 0 Å². The first-order valence-corrected chi connectivity index (χ1v) is 7.69. The van der Waals surface area contributed by atoms with Crippen LogP contribution in [0.3, 0.4) is 0 Å². The molecule has 0 fully saturated rings. The fourth-order valence-corrected chi connectivity index (χ4v) is 3.39. The molecule has 0 saturated heterocycles. The summed E-state index contributed by atoms with van der Waals surface area (Å²) in [5.74, 6) is -0.610. The Labute approximate surface area is 122 Å². The average Bonchev–Trinajstić information content (AvgIpc) is 2.49. The molecule has 0 aliphatic carbocycles. The van der Waals surface area contributed by atoms with Crippen molar-refractivity contribution in [1.82, 2.24) is 10.0 Å². The second kappa shape index (κ2) is 5.06. The SMILES string of the molecule is O=C1[N]C=CC=C1NS(=O)(=O)c1cccc2ccccc12. The Hall–Kier alpha value is -2.60. The largest absolute Gasteiger partial charge is 0.294 e. The highest BCUT2D eigenvalue weighted by molar-refractivity contribution is 7.90. The van der Waals surface area contributed by atoms with Crippen molar-refractivity contribution in [3.05, 3.63) is 66.5 Å². The van der Waals surface area contributed by atoms with Crippen molar-refractivity contribution >= 4 is 26.7 Å². The Balaban J connectivity index is 2.07. The first kappa shape index (κ1) is 13.4. The van der Waals surface area contributed by atoms with E-state index in [0.717, 1.165) is 5.39 Å². The minimum Gasteiger partial charge on any atom is -0.274 e. The first-order valence-electron chi connectivity index (χ1n) is 6.20. The summed E-state index contributed by atoms with van der Waals surface area (Å²) in [6.07, 6.45) is 4.21. The maximum absolute atomic E-state index is 12.5. The van der Waals surface area contributed by atoms with Crippen molar-refractivity contribution < 1.29 is 13.2 Å². The summed E-state index contributed by atoms with van der Waals surface area (Å²) >= 11 is 0. The molecule has 0 spiro atoms. The summed E-state index contributed by atoms with van der Waals surface area (Å²) in [6, 6.07) is 12.2. The number of hydrogen-bond acceptors (Lipinski definition) is 3. The molecule has 0 bridgehead atoms. The van der Waals surface area contributed by atoms with Gasteiger partial charge in [-0.3, -0.25) is 9.52 Å². The first-order chi connectivity index (χ1) is 10.1. The van der Waals surface area contributed by atoms with Gasteiger partial charge in [-0.15, -0.1) is 0 Å². The molecule has 1 N–H and O–H groups in total. The number of carbonyl (C=O) groups excluding carboxylic acids is 1. The average molecular weight is 299 g/mol. The standard InChI is InChI=1S/C15H11N2O3S/c18-15-13(8-4-10-16-15)17-21(19,20)14-9-3-6-11-5-1-2-7-12(11)14/h1-10,17H. The van der Waals surface area contributed by atoms with Crippen LogP contribution in [-0.2, 0) is 14.8 Å². The molecular weight excluding hydrogens is 288 g/mol. The molecule has 21 heavy (non-hydrogen) atoms. The molecular formula is C15H11N2O3S. The van der Waals surface area contributed by atoms with Gasteiger partial charge in [-0.1, -0.05) is 36.4 Å². The molecule has 0 aromatic heterocycles. The smallest absolute Gasteiger partial charge is 0.274 e. The van der Waals surface area contributed by atoms with E-state index in [1.165, 1.54) is 24.4 Å². The number of benzene rings is 2. The topological polar surface area (TPSA) is 77.3 Å². The Kier molecular flexibility index (Phi) is 3.23. The molecule has 5 nitrogen and oxygen atoms in total. The number of fused-ring (bicyclic) bond motifs is 1. The molecule has 3 rings (SSSR count). The van der Waals surface area contributed by atoms with E-state index < -0.39 is 15.9 Å². The Morgan fingerprint density at radius 1 is 1.00 bits per heavy atom. The Morgan fingerprint density at radius 3 is 2.57 bits per heavy atom. The van der Waals surface area contributed by atoms with Gasteiger partial charge in [0.25, 0.3) is 15.9 Å². The summed E-state index contributed by atoms with van der Waals surface area (Å²) in [5.41, 5.74) is -0.0644. The van der Waals surface area contributed by atoms with Crippen molar-refractivity contribution in [2.45, 2.75) is 4.90 Å². The zero-order valence-electron chi connectivity index (χ0n) is 10.9. The molecule has 105 valence electrons. The molecule has 0 unspecified atom stereocenters.